The van der Waals surface area contributed by atoms with Gasteiger partial charge in [-0.2, -0.15) is 0 Å². The van der Waals surface area contributed by atoms with E-state index in [1.807, 2.05) is 0 Å². The van der Waals surface area contributed by atoms with Crippen LogP contribution in [0.2, 0.25) is 0 Å². The maximum atomic E-state index is 2.52. The fourth-order valence-electron chi connectivity index (χ4n) is 2.83. The van der Waals surface area contributed by atoms with Crippen molar-refractivity contribution in [1.29, 1.82) is 0 Å². The van der Waals surface area contributed by atoms with Crippen LogP contribution >= 0.6 is 0 Å². The Balaban J connectivity index is 2.63. The van der Waals surface area contributed by atoms with E-state index in [1.54, 1.807) is 0 Å². The quantitative estimate of drug-likeness (QED) is 0.507. The summed E-state index contributed by atoms with van der Waals surface area (Å²) in [5.41, 5.74) is 0. The summed E-state index contributed by atoms with van der Waals surface area (Å²) in [7, 11) is 0. The summed E-state index contributed by atoms with van der Waals surface area (Å²) in [5.74, 6) is 4.33. The van der Waals surface area contributed by atoms with Gasteiger partial charge in [0.15, 0.2) is 0 Å². The Morgan fingerprint density at radius 3 is 1.73 bits per heavy atom. The maximum Gasteiger partial charge on any atom is 0.0987 e. The normalized spacial score (nSPS) is 44.5. The van der Waals surface area contributed by atoms with Crippen molar-refractivity contribution in [3.05, 3.63) is 6.42 Å². The standard InChI is InChI=1S/C11H21/c1-7(2)11-9(4)6-8(3)10(11)5/h6-11H,1-5H3/q+1/t8?,9?,10-,11?/m0/s1. The molecule has 0 heteroatoms. The Bertz CT molecular complexity index is 126. The SMILES string of the molecule is CC(C)C1C(C)[CH+]C(C)[C@@H]1C. The first-order valence-electron chi connectivity index (χ1n) is 4.89. The monoisotopic (exact) mass is 153 g/mol. The molecule has 0 radical (unpaired) electrons. The van der Waals surface area contributed by atoms with E-state index < -0.39 is 0 Å². The van der Waals surface area contributed by atoms with Crippen LogP contribution < -0.4 is 0 Å². The Labute approximate surface area is 71.4 Å². The predicted molar refractivity (Wildman–Crippen MR) is 50.1 cm³/mol. The molecule has 4 atom stereocenters. The topological polar surface area (TPSA) is 0 Å². The highest BCUT2D eigenvalue weighted by molar-refractivity contribution is 4.97. The molecule has 1 aliphatic carbocycles. The molecule has 1 rings (SSSR count). The van der Waals surface area contributed by atoms with E-state index in [9.17, 15) is 0 Å². The third-order valence-electron chi connectivity index (χ3n) is 3.42. The molecule has 3 unspecified atom stereocenters. The summed E-state index contributed by atoms with van der Waals surface area (Å²) >= 11 is 0. The van der Waals surface area contributed by atoms with Crippen LogP contribution in [-0.2, 0) is 0 Å². The smallest absolute Gasteiger partial charge is 0.0623 e. The fraction of sp³-hybridized carbons (Fsp3) is 0.909. The van der Waals surface area contributed by atoms with E-state index in [0.717, 1.165) is 29.6 Å². The minimum atomic E-state index is 0.831. The third kappa shape index (κ3) is 1.55. The van der Waals surface area contributed by atoms with Crippen molar-refractivity contribution in [2.75, 3.05) is 0 Å². The number of rotatable bonds is 1. The molecular formula is C11H21+. The fourth-order valence-corrected chi connectivity index (χ4v) is 2.83. The highest BCUT2D eigenvalue weighted by atomic mass is 14.4. The van der Waals surface area contributed by atoms with Crippen LogP contribution in [0.4, 0.5) is 0 Å². The summed E-state index contributed by atoms with van der Waals surface area (Å²) in [5, 5.41) is 0. The molecule has 1 fully saturated rings. The molecule has 0 aromatic carbocycles. The zero-order chi connectivity index (χ0) is 8.59. The molecule has 0 amide bonds. The molecule has 0 aromatic rings. The van der Waals surface area contributed by atoms with Gasteiger partial charge in [0.25, 0.3) is 0 Å². The van der Waals surface area contributed by atoms with Gasteiger partial charge in [-0.15, -0.1) is 0 Å². The zero-order valence-corrected chi connectivity index (χ0v) is 8.46. The minimum Gasteiger partial charge on any atom is -0.0623 e. The van der Waals surface area contributed by atoms with Crippen molar-refractivity contribution in [2.45, 2.75) is 34.6 Å². The lowest BCUT2D eigenvalue weighted by Crippen LogP contribution is -2.18. The summed E-state index contributed by atoms with van der Waals surface area (Å²) in [6, 6.07) is 0. The average molecular weight is 153 g/mol. The lowest BCUT2D eigenvalue weighted by molar-refractivity contribution is 0.243. The average Bonchev–Trinajstić information content (AvgIpc) is 2.07. The van der Waals surface area contributed by atoms with Crippen molar-refractivity contribution in [3.63, 3.8) is 0 Å². The van der Waals surface area contributed by atoms with Gasteiger partial charge in [-0.3, -0.25) is 0 Å². The van der Waals surface area contributed by atoms with E-state index in [-0.39, 0.29) is 0 Å². The summed E-state index contributed by atoms with van der Waals surface area (Å²) in [6.07, 6.45) is 2.52. The lowest BCUT2D eigenvalue weighted by Gasteiger charge is -2.20. The summed E-state index contributed by atoms with van der Waals surface area (Å²) < 4.78 is 0. The number of hydrogen-bond donors (Lipinski definition) is 0. The van der Waals surface area contributed by atoms with Crippen molar-refractivity contribution < 1.29 is 0 Å². The molecule has 0 bridgehead atoms. The first-order chi connectivity index (χ1) is 5.04. The highest BCUT2D eigenvalue weighted by Gasteiger charge is 2.44. The third-order valence-corrected chi connectivity index (χ3v) is 3.42. The van der Waals surface area contributed by atoms with E-state index in [4.69, 9.17) is 0 Å². The molecular weight excluding hydrogens is 132 g/mol. The van der Waals surface area contributed by atoms with Crippen molar-refractivity contribution in [2.24, 2.45) is 29.6 Å². The van der Waals surface area contributed by atoms with E-state index in [1.165, 1.54) is 0 Å². The van der Waals surface area contributed by atoms with Crippen LogP contribution in [0.25, 0.3) is 0 Å². The molecule has 0 aliphatic heterocycles. The molecule has 1 aliphatic rings. The van der Waals surface area contributed by atoms with Gasteiger partial charge in [-0.25, -0.2) is 0 Å². The molecule has 11 heavy (non-hydrogen) atoms. The molecule has 0 spiro atoms. The Hall–Kier alpha value is -0.130. The van der Waals surface area contributed by atoms with Gasteiger partial charge < -0.3 is 0 Å². The Morgan fingerprint density at radius 1 is 1.00 bits per heavy atom. The van der Waals surface area contributed by atoms with Gasteiger partial charge in [-0.1, -0.05) is 20.8 Å². The Morgan fingerprint density at radius 2 is 1.55 bits per heavy atom. The second-order valence-electron chi connectivity index (χ2n) is 4.59. The van der Waals surface area contributed by atoms with Crippen LogP contribution in [0.3, 0.4) is 0 Å². The van der Waals surface area contributed by atoms with Gasteiger partial charge in [0.2, 0.25) is 0 Å². The minimum absolute atomic E-state index is 0.831. The maximum absolute atomic E-state index is 2.52. The number of hydrogen-bond acceptors (Lipinski definition) is 0. The van der Waals surface area contributed by atoms with Crippen molar-refractivity contribution in [1.82, 2.24) is 0 Å². The lowest BCUT2D eigenvalue weighted by atomic mass is 9.81. The molecule has 1 saturated carbocycles. The zero-order valence-electron chi connectivity index (χ0n) is 8.46. The van der Waals surface area contributed by atoms with Gasteiger partial charge >= 0.3 is 0 Å². The highest BCUT2D eigenvalue weighted by Crippen LogP contribution is 2.43. The Kier molecular flexibility index (Phi) is 2.51. The summed E-state index contributed by atoms with van der Waals surface area (Å²) in [4.78, 5) is 0. The first-order valence-corrected chi connectivity index (χ1v) is 4.89. The molecule has 64 valence electrons. The first kappa shape index (κ1) is 8.96. The van der Waals surface area contributed by atoms with Crippen LogP contribution in [0.5, 0.6) is 0 Å². The van der Waals surface area contributed by atoms with E-state index >= 15 is 0 Å². The van der Waals surface area contributed by atoms with Crippen molar-refractivity contribution in [3.8, 4) is 0 Å². The van der Waals surface area contributed by atoms with E-state index in [0.29, 0.717) is 0 Å². The molecule has 0 aromatic heterocycles. The van der Waals surface area contributed by atoms with Crippen LogP contribution in [-0.4, -0.2) is 0 Å². The largest absolute Gasteiger partial charge is 0.0987 e. The van der Waals surface area contributed by atoms with Crippen LogP contribution in [0.1, 0.15) is 34.6 Å². The van der Waals surface area contributed by atoms with Gasteiger partial charge in [0.1, 0.15) is 0 Å². The van der Waals surface area contributed by atoms with E-state index in [2.05, 4.69) is 41.0 Å². The van der Waals surface area contributed by atoms with Crippen molar-refractivity contribution >= 4 is 0 Å². The van der Waals surface area contributed by atoms with Gasteiger partial charge in [0.05, 0.1) is 18.3 Å². The molecule has 0 nitrogen and oxygen atoms in total. The second-order valence-corrected chi connectivity index (χ2v) is 4.59. The second kappa shape index (κ2) is 3.08. The van der Waals surface area contributed by atoms with Gasteiger partial charge in [-0.05, 0) is 19.8 Å². The van der Waals surface area contributed by atoms with Crippen LogP contribution in [0.15, 0.2) is 0 Å². The molecule has 0 heterocycles. The molecule has 0 N–H and O–H groups in total. The van der Waals surface area contributed by atoms with Crippen LogP contribution in [0, 0.1) is 36.0 Å². The predicted octanol–water partition coefficient (Wildman–Crippen LogP) is 3.38. The molecule has 0 saturated heterocycles. The van der Waals surface area contributed by atoms with Gasteiger partial charge in [0, 0.05) is 11.8 Å². The summed E-state index contributed by atoms with van der Waals surface area (Å²) in [6.45, 7) is 11.8.